The summed E-state index contributed by atoms with van der Waals surface area (Å²) in [6.07, 6.45) is -0.133. The van der Waals surface area contributed by atoms with E-state index in [2.05, 4.69) is 5.32 Å². The van der Waals surface area contributed by atoms with Crippen LogP contribution >= 0.6 is 7.92 Å². The molecule has 0 aliphatic rings. The van der Waals surface area contributed by atoms with E-state index in [4.69, 9.17) is 14.3 Å². The number of nitrogens with zero attached hydrogens (tertiary/aromatic N) is 1. The number of methoxy groups -OCH3 is 1. The summed E-state index contributed by atoms with van der Waals surface area (Å²) in [6.45, 7) is 0.314. The lowest BCUT2D eigenvalue weighted by Crippen LogP contribution is -2.30. The SMILES string of the molecule is COC(=O)c1ccc(C(=O)NCCOCCC(=O)On2c(O)ccc2O)cc1P(c1ccccc1)c1ccccc1. The minimum absolute atomic E-state index is 0.00785. The van der Waals surface area contributed by atoms with Crippen molar-refractivity contribution in [3.8, 4) is 11.8 Å². The predicted molar refractivity (Wildman–Crippen MR) is 154 cm³/mol. The minimum atomic E-state index is -1.18. The molecule has 1 amide bonds. The Morgan fingerprint density at radius 3 is 2.02 bits per heavy atom. The van der Waals surface area contributed by atoms with E-state index in [1.54, 1.807) is 18.2 Å². The van der Waals surface area contributed by atoms with Crippen LogP contribution < -0.4 is 26.1 Å². The van der Waals surface area contributed by atoms with Gasteiger partial charge < -0.3 is 29.8 Å². The highest BCUT2D eigenvalue weighted by Crippen LogP contribution is 2.34. The van der Waals surface area contributed by atoms with Gasteiger partial charge in [0, 0.05) is 29.5 Å². The number of esters is 1. The van der Waals surface area contributed by atoms with Crippen LogP contribution in [0.3, 0.4) is 0 Å². The lowest BCUT2D eigenvalue weighted by Gasteiger charge is -2.22. The molecule has 0 unspecified atom stereocenters. The molecule has 4 rings (SSSR count). The van der Waals surface area contributed by atoms with Gasteiger partial charge in [-0.05, 0) is 36.7 Å². The Kier molecular flexibility index (Phi) is 10.1. The number of aromatic hydroxyl groups is 2. The molecule has 4 aromatic rings. The maximum absolute atomic E-state index is 13.0. The van der Waals surface area contributed by atoms with Crippen LogP contribution in [0.1, 0.15) is 27.1 Å². The van der Waals surface area contributed by atoms with E-state index >= 15 is 0 Å². The van der Waals surface area contributed by atoms with Crippen molar-refractivity contribution in [1.29, 1.82) is 0 Å². The number of hydrogen-bond donors (Lipinski definition) is 3. The van der Waals surface area contributed by atoms with Gasteiger partial charge in [-0.15, -0.1) is 4.73 Å². The van der Waals surface area contributed by atoms with Crippen LogP contribution in [0.5, 0.6) is 11.8 Å². The molecular weight excluding hydrogens is 547 g/mol. The van der Waals surface area contributed by atoms with Crippen LogP contribution in [-0.2, 0) is 14.3 Å². The molecule has 0 aliphatic heterocycles. The summed E-state index contributed by atoms with van der Waals surface area (Å²) in [5.41, 5.74) is 0.765. The minimum Gasteiger partial charge on any atom is -0.492 e. The van der Waals surface area contributed by atoms with Gasteiger partial charge in [0.15, 0.2) is 0 Å². The summed E-state index contributed by atoms with van der Waals surface area (Å²) in [4.78, 5) is 42.5. The van der Waals surface area contributed by atoms with Crippen LogP contribution in [0.15, 0.2) is 91.0 Å². The van der Waals surface area contributed by atoms with Crippen LogP contribution in [0, 0.1) is 0 Å². The van der Waals surface area contributed by atoms with Gasteiger partial charge >= 0.3 is 11.9 Å². The van der Waals surface area contributed by atoms with Crippen molar-refractivity contribution in [2.45, 2.75) is 6.42 Å². The van der Waals surface area contributed by atoms with Crippen molar-refractivity contribution in [3.05, 3.63) is 102 Å². The molecule has 1 heterocycles. The summed E-state index contributed by atoms with van der Waals surface area (Å²) < 4.78 is 11.1. The topological polar surface area (TPSA) is 136 Å². The fourth-order valence-electron chi connectivity index (χ4n) is 3.96. The summed E-state index contributed by atoms with van der Waals surface area (Å²) >= 11 is 0. The Hall–Kier alpha value is -4.66. The molecule has 212 valence electrons. The molecule has 0 fully saturated rings. The molecule has 3 aromatic carbocycles. The van der Waals surface area contributed by atoms with Crippen LogP contribution in [0.2, 0.25) is 0 Å². The second kappa shape index (κ2) is 14.1. The van der Waals surface area contributed by atoms with Crippen molar-refractivity contribution in [1.82, 2.24) is 10.0 Å². The van der Waals surface area contributed by atoms with Crippen molar-refractivity contribution in [2.75, 3.05) is 26.9 Å². The second-order valence-electron chi connectivity index (χ2n) is 8.66. The molecule has 0 bridgehead atoms. The number of nitrogens with one attached hydrogen (secondary N) is 1. The van der Waals surface area contributed by atoms with Crippen LogP contribution in [0.4, 0.5) is 0 Å². The lowest BCUT2D eigenvalue weighted by molar-refractivity contribution is -0.146. The van der Waals surface area contributed by atoms with E-state index in [0.717, 1.165) is 10.6 Å². The highest BCUT2D eigenvalue weighted by Gasteiger charge is 2.24. The zero-order valence-corrected chi connectivity index (χ0v) is 23.1. The molecule has 0 aliphatic carbocycles. The van der Waals surface area contributed by atoms with Crippen LogP contribution in [-0.4, -0.2) is 59.7 Å². The number of amides is 1. The quantitative estimate of drug-likeness (QED) is 0.133. The second-order valence-corrected chi connectivity index (χ2v) is 10.8. The summed E-state index contributed by atoms with van der Waals surface area (Å²) in [5.74, 6) is -2.38. The highest BCUT2D eigenvalue weighted by atomic mass is 31.1. The highest BCUT2D eigenvalue weighted by molar-refractivity contribution is 7.80. The number of hydrogen-bond acceptors (Lipinski definition) is 8. The lowest BCUT2D eigenvalue weighted by atomic mass is 10.1. The maximum Gasteiger partial charge on any atom is 0.338 e. The number of ether oxygens (including phenoxy) is 2. The molecular formula is C30H29N2O8P. The number of rotatable bonds is 12. The zero-order chi connectivity index (χ0) is 29.2. The average molecular weight is 577 g/mol. The number of carbonyl (C=O) groups is 3. The van der Waals surface area contributed by atoms with E-state index in [1.807, 2.05) is 60.7 Å². The van der Waals surface area contributed by atoms with Gasteiger partial charge in [-0.3, -0.25) is 4.79 Å². The summed E-state index contributed by atoms with van der Waals surface area (Å²) in [6, 6.07) is 26.9. The number of aromatic nitrogens is 1. The van der Waals surface area contributed by atoms with Gasteiger partial charge in [-0.1, -0.05) is 60.7 Å². The first-order chi connectivity index (χ1) is 19.9. The Bertz CT molecular complexity index is 1430. The smallest absolute Gasteiger partial charge is 0.338 e. The molecule has 41 heavy (non-hydrogen) atoms. The summed E-state index contributed by atoms with van der Waals surface area (Å²) in [7, 11) is 0.152. The van der Waals surface area contributed by atoms with Gasteiger partial charge in [-0.2, -0.15) is 0 Å². The maximum atomic E-state index is 13.0. The molecule has 1 aromatic heterocycles. The van der Waals surface area contributed by atoms with Gasteiger partial charge in [0.05, 0.1) is 32.3 Å². The van der Waals surface area contributed by atoms with Gasteiger partial charge in [0.2, 0.25) is 11.8 Å². The first kappa shape index (κ1) is 29.3. The third-order valence-electron chi connectivity index (χ3n) is 5.91. The molecule has 0 spiro atoms. The van der Waals surface area contributed by atoms with Crippen LogP contribution in [0.25, 0.3) is 0 Å². The third-order valence-corrected chi connectivity index (χ3v) is 8.39. The molecule has 0 radical (unpaired) electrons. The number of benzene rings is 3. The summed E-state index contributed by atoms with van der Waals surface area (Å²) in [5, 5.41) is 24.6. The van der Waals surface area contributed by atoms with Gasteiger partial charge in [-0.25, -0.2) is 9.59 Å². The Morgan fingerprint density at radius 2 is 1.44 bits per heavy atom. The fraction of sp³-hybridized carbons (Fsp3) is 0.167. The number of carbonyl (C=O) groups excluding carboxylic acids is 3. The fourth-order valence-corrected chi connectivity index (χ4v) is 6.43. The first-order valence-corrected chi connectivity index (χ1v) is 14.0. The largest absolute Gasteiger partial charge is 0.492 e. The van der Waals surface area contributed by atoms with E-state index in [0.29, 0.717) is 21.2 Å². The monoisotopic (exact) mass is 576 g/mol. The molecule has 3 N–H and O–H groups in total. The Balaban J connectivity index is 1.41. The Morgan fingerprint density at radius 1 is 0.829 bits per heavy atom. The molecule has 10 nitrogen and oxygen atoms in total. The third kappa shape index (κ3) is 7.51. The molecule has 0 atom stereocenters. The normalized spacial score (nSPS) is 10.8. The average Bonchev–Trinajstić information content (AvgIpc) is 3.31. The van der Waals surface area contributed by atoms with Crippen molar-refractivity contribution < 1.29 is 38.9 Å². The molecule has 0 saturated carbocycles. The van der Waals surface area contributed by atoms with Gasteiger partial charge in [0.1, 0.15) is 0 Å². The predicted octanol–water partition coefficient (Wildman–Crippen LogP) is 2.24. The van der Waals surface area contributed by atoms with E-state index in [-0.39, 0.29) is 32.1 Å². The zero-order valence-electron chi connectivity index (χ0n) is 22.2. The van der Waals surface area contributed by atoms with Crippen molar-refractivity contribution in [2.24, 2.45) is 0 Å². The van der Waals surface area contributed by atoms with Crippen molar-refractivity contribution >= 4 is 41.7 Å². The standard InChI is InChI=1S/C30H29N2O8P/c1-38-30(37)24-13-12-21(20-25(24)41(22-8-4-2-5-9-22)23-10-6-3-7-11-23)29(36)31-17-19-39-18-16-28(35)40-32-26(33)14-15-27(32)34/h2-15,20,33-34H,16-19H2,1H3,(H,31,36). The molecule has 0 saturated heterocycles. The van der Waals surface area contributed by atoms with Gasteiger partial charge in [0.25, 0.3) is 5.91 Å². The Labute approximate surface area is 237 Å². The van der Waals surface area contributed by atoms with E-state index in [1.165, 1.54) is 19.2 Å². The van der Waals surface area contributed by atoms with E-state index in [9.17, 15) is 24.6 Å². The van der Waals surface area contributed by atoms with E-state index < -0.39 is 31.6 Å². The molecule has 11 heteroatoms. The van der Waals surface area contributed by atoms with Crippen molar-refractivity contribution in [3.63, 3.8) is 0 Å². The first-order valence-electron chi connectivity index (χ1n) is 12.7.